The Balaban J connectivity index is 1.44. The zero-order chi connectivity index (χ0) is 23.4. The fourth-order valence-electron chi connectivity index (χ4n) is 3.96. The summed E-state index contributed by atoms with van der Waals surface area (Å²) < 4.78 is 10.2. The Hall–Kier alpha value is -4.07. The highest BCUT2D eigenvalue weighted by atomic mass is 16.5. The second-order valence-corrected chi connectivity index (χ2v) is 7.84. The molecule has 2 heterocycles. The maximum Gasteiger partial charge on any atom is 0.261 e. The lowest BCUT2D eigenvalue weighted by molar-refractivity contribution is -0.120. The second-order valence-electron chi connectivity index (χ2n) is 7.84. The van der Waals surface area contributed by atoms with E-state index in [0.717, 1.165) is 16.8 Å². The molecule has 4 rings (SSSR count). The Kier molecular flexibility index (Phi) is 6.44. The number of hydrogen-bond acceptors (Lipinski definition) is 5. The minimum absolute atomic E-state index is 0.0775. The van der Waals surface area contributed by atoms with E-state index in [4.69, 9.17) is 9.15 Å². The van der Waals surface area contributed by atoms with Crippen molar-refractivity contribution in [2.75, 3.05) is 23.9 Å². The lowest BCUT2D eigenvalue weighted by atomic mass is 10.0. The summed E-state index contributed by atoms with van der Waals surface area (Å²) in [6.45, 7) is 1.99. The number of methoxy groups -OCH3 is 1. The van der Waals surface area contributed by atoms with Crippen LogP contribution in [0.1, 0.15) is 40.9 Å². The van der Waals surface area contributed by atoms with Crippen LogP contribution in [0.2, 0.25) is 0 Å². The van der Waals surface area contributed by atoms with E-state index in [9.17, 15) is 14.4 Å². The highest BCUT2D eigenvalue weighted by Crippen LogP contribution is 2.32. The molecule has 3 aromatic rings. The van der Waals surface area contributed by atoms with Crippen LogP contribution >= 0.6 is 0 Å². The summed E-state index contributed by atoms with van der Waals surface area (Å²) in [5.41, 5.74) is 3.77. The van der Waals surface area contributed by atoms with Gasteiger partial charge in [0.2, 0.25) is 11.8 Å². The van der Waals surface area contributed by atoms with Gasteiger partial charge >= 0.3 is 0 Å². The van der Waals surface area contributed by atoms with Crippen molar-refractivity contribution in [2.24, 2.45) is 0 Å². The van der Waals surface area contributed by atoms with Crippen LogP contribution in [0.3, 0.4) is 0 Å². The Morgan fingerprint density at radius 1 is 1.12 bits per heavy atom. The highest BCUT2D eigenvalue weighted by molar-refractivity contribution is 6.07. The molecule has 0 saturated carbocycles. The van der Waals surface area contributed by atoms with Crippen molar-refractivity contribution in [3.8, 4) is 5.75 Å². The molecule has 170 valence electrons. The van der Waals surface area contributed by atoms with E-state index in [2.05, 4.69) is 10.6 Å². The zero-order valence-electron chi connectivity index (χ0n) is 18.5. The van der Waals surface area contributed by atoms with Gasteiger partial charge in [-0.2, -0.15) is 0 Å². The van der Waals surface area contributed by atoms with Gasteiger partial charge in [-0.3, -0.25) is 14.4 Å². The lowest BCUT2D eigenvalue weighted by Crippen LogP contribution is -2.29. The fraction of sp³-hybridized carbons (Fsp3) is 0.240. The number of rotatable bonds is 7. The van der Waals surface area contributed by atoms with Crippen LogP contribution < -0.4 is 20.3 Å². The van der Waals surface area contributed by atoms with Crippen LogP contribution in [0.15, 0.2) is 65.5 Å². The topological polar surface area (TPSA) is 101 Å². The van der Waals surface area contributed by atoms with Gasteiger partial charge < -0.3 is 24.7 Å². The lowest BCUT2D eigenvalue weighted by Gasteiger charge is -2.19. The number of amides is 3. The van der Waals surface area contributed by atoms with Crippen LogP contribution in [0, 0.1) is 0 Å². The number of carbonyl (C=O) groups is 3. The van der Waals surface area contributed by atoms with E-state index in [0.29, 0.717) is 30.0 Å². The first-order valence-corrected chi connectivity index (χ1v) is 10.6. The average molecular weight is 447 g/mol. The standard InChI is InChI=1S/C25H25N3O5/c1-16(29)26-22(17-3-6-21(32-2)7-4-17)14-24(30)27-20-5-8-23-18(13-20)9-11-28(23)25(31)19-10-12-33-15-19/h3-8,10,12-13,15,22H,9,11,14H2,1-2H3,(H,26,29)(H,27,30). The number of benzene rings is 2. The number of nitrogens with zero attached hydrogens (tertiary/aromatic N) is 1. The van der Waals surface area contributed by atoms with Crippen LogP contribution in [0.25, 0.3) is 0 Å². The molecular weight excluding hydrogens is 422 g/mol. The van der Waals surface area contributed by atoms with Crippen molar-refractivity contribution < 1.29 is 23.5 Å². The summed E-state index contributed by atoms with van der Waals surface area (Å²) in [4.78, 5) is 38.8. The van der Waals surface area contributed by atoms with E-state index >= 15 is 0 Å². The van der Waals surface area contributed by atoms with E-state index in [1.54, 1.807) is 36.3 Å². The van der Waals surface area contributed by atoms with Gasteiger partial charge in [-0.1, -0.05) is 12.1 Å². The van der Waals surface area contributed by atoms with Gasteiger partial charge in [0, 0.05) is 24.8 Å². The molecule has 1 aliphatic heterocycles. The highest BCUT2D eigenvalue weighted by Gasteiger charge is 2.26. The number of fused-ring (bicyclic) bond motifs is 1. The van der Waals surface area contributed by atoms with Gasteiger partial charge in [0.25, 0.3) is 5.91 Å². The van der Waals surface area contributed by atoms with Gasteiger partial charge in [-0.05, 0) is 53.9 Å². The number of carbonyl (C=O) groups excluding carboxylic acids is 3. The molecule has 2 aromatic carbocycles. The molecule has 0 bridgehead atoms. The molecule has 1 unspecified atom stereocenters. The first kappa shape index (κ1) is 22.1. The Labute approximate surface area is 191 Å². The van der Waals surface area contributed by atoms with Crippen molar-refractivity contribution >= 4 is 29.1 Å². The molecule has 0 fully saturated rings. The van der Waals surface area contributed by atoms with Gasteiger partial charge in [0.1, 0.15) is 12.0 Å². The maximum absolute atomic E-state index is 12.8. The van der Waals surface area contributed by atoms with E-state index in [1.807, 2.05) is 24.3 Å². The molecule has 1 aliphatic rings. The molecule has 8 heteroatoms. The van der Waals surface area contributed by atoms with Gasteiger partial charge in [-0.25, -0.2) is 0 Å². The first-order chi connectivity index (χ1) is 15.9. The Morgan fingerprint density at radius 3 is 2.58 bits per heavy atom. The average Bonchev–Trinajstić information content (AvgIpc) is 3.48. The molecule has 0 saturated heterocycles. The van der Waals surface area contributed by atoms with Gasteiger partial charge in [0.15, 0.2) is 0 Å². The van der Waals surface area contributed by atoms with E-state index < -0.39 is 6.04 Å². The number of nitrogens with one attached hydrogen (secondary N) is 2. The third-order valence-corrected chi connectivity index (χ3v) is 5.56. The van der Waals surface area contributed by atoms with E-state index in [1.165, 1.54) is 19.5 Å². The Bertz CT molecular complexity index is 1160. The molecule has 1 atom stereocenters. The molecule has 0 aliphatic carbocycles. The molecule has 0 spiro atoms. The summed E-state index contributed by atoms with van der Waals surface area (Å²) in [6.07, 6.45) is 3.68. The fourth-order valence-corrected chi connectivity index (χ4v) is 3.96. The Morgan fingerprint density at radius 2 is 1.91 bits per heavy atom. The monoisotopic (exact) mass is 447 g/mol. The van der Waals surface area contributed by atoms with Crippen molar-refractivity contribution in [2.45, 2.75) is 25.8 Å². The summed E-state index contributed by atoms with van der Waals surface area (Å²) in [5, 5.41) is 5.74. The molecule has 2 N–H and O–H groups in total. The quantitative estimate of drug-likeness (QED) is 0.575. The van der Waals surface area contributed by atoms with Crippen LogP contribution in [-0.4, -0.2) is 31.4 Å². The minimum Gasteiger partial charge on any atom is -0.497 e. The summed E-state index contributed by atoms with van der Waals surface area (Å²) in [7, 11) is 1.58. The predicted octanol–water partition coefficient (Wildman–Crippen LogP) is 3.70. The van der Waals surface area contributed by atoms with Crippen molar-refractivity contribution in [3.05, 3.63) is 77.7 Å². The van der Waals surface area contributed by atoms with Gasteiger partial charge in [-0.15, -0.1) is 0 Å². The van der Waals surface area contributed by atoms with Crippen LogP contribution in [0.4, 0.5) is 11.4 Å². The van der Waals surface area contributed by atoms with Crippen LogP contribution in [0.5, 0.6) is 5.75 Å². The molecule has 3 amide bonds. The van der Waals surface area contributed by atoms with Crippen molar-refractivity contribution in [1.82, 2.24) is 5.32 Å². The predicted molar refractivity (Wildman–Crippen MR) is 123 cm³/mol. The first-order valence-electron chi connectivity index (χ1n) is 10.6. The normalized spacial score (nSPS) is 13.2. The number of ether oxygens (including phenoxy) is 1. The summed E-state index contributed by atoms with van der Waals surface area (Å²) in [6, 6.07) is 13.9. The van der Waals surface area contributed by atoms with Crippen molar-refractivity contribution in [3.63, 3.8) is 0 Å². The third-order valence-electron chi connectivity index (χ3n) is 5.56. The maximum atomic E-state index is 12.8. The van der Waals surface area contributed by atoms with E-state index in [-0.39, 0.29) is 24.1 Å². The number of anilines is 2. The third kappa shape index (κ3) is 5.06. The SMILES string of the molecule is COc1ccc(C(CC(=O)Nc2ccc3c(c2)CCN3C(=O)c2ccoc2)NC(C)=O)cc1. The second kappa shape index (κ2) is 9.60. The number of furan rings is 1. The van der Waals surface area contributed by atoms with Crippen molar-refractivity contribution in [1.29, 1.82) is 0 Å². The van der Waals surface area contributed by atoms with Gasteiger partial charge in [0.05, 0.1) is 31.4 Å². The van der Waals surface area contributed by atoms with Crippen LogP contribution in [-0.2, 0) is 16.0 Å². The zero-order valence-corrected chi connectivity index (χ0v) is 18.5. The molecular formula is C25H25N3O5. The molecule has 8 nitrogen and oxygen atoms in total. The molecule has 33 heavy (non-hydrogen) atoms. The minimum atomic E-state index is -0.467. The largest absolute Gasteiger partial charge is 0.497 e. The summed E-state index contributed by atoms with van der Waals surface area (Å²) in [5.74, 6) is 0.137. The smallest absolute Gasteiger partial charge is 0.261 e. The molecule has 0 radical (unpaired) electrons. The summed E-state index contributed by atoms with van der Waals surface area (Å²) >= 11 is 0. The number of hydrogen-bond donors (Lipinski definition) is 2. The molecule has 1 aromatic heterocycles.